The van der Waals surface area contributed by atoms with E-state index in [4.69, 9.17) is 5.73 Å². The van der Waals surface area contributed by atoms with Crippen LogP contribution in [-0.2, 0) is 12.8 Å². The van der Waals surface area contributed by atoms with Crippen LogP contribution in [0.15, 0.2) is 24.3 Å². The number of nitrogens with one attached hydrogen (secondary N) is 1. The Hall–Kier alpha value is -2.14. The average Bonchev–Trinajstić information content (AvgIpc) is 2.84. The molecule has 0 atom stereocenters. The minimum absolute atomic E-state index is 0.199. The number of primary amides is 1. The van der Waals surface area contributed by atoms with E-state index in [2.05, 4.69) is 5.32 Å². The number of hydrogen-bond acceptors (Lipinski definition) is 3. The van der Waals surface area contributed by atoms with Crippen LogP contribution in [0, 0.1) is 6.92 Å². The second-order valence-corrected chi connectivity index (χ2v) is 7.42. The summed E-state index contributed by atoms with van der Waals surface area (Å²) in [6.07, 6.45) is 6.41. The van der Waals surface area contributed by atoms with E-state index in [1.54, 1.807) is 6.07 Å². The highest BCUT2D eigenvalue weighted by atomic mass is 32.1. The number of amides is 2. The molecule has 0 saturated carbocycles. The number of rotatable bonds is 3. The van der Waals surface area contributed by atoms with Crippen LogP contribution in [0.3, 0.4) is 0 Å². The molecule has 0 spiro atoms. The molecule has 2 aromatic rings. The Bertz CT molecular complexity index is 780. The van der Waals surface area contributed by atoms with Crippen molar-refractivity contribution in [3.05, 3.63) is 51.4 Å². The van der Waals surface area contributed by atoms with E-state index in [0.29, 0.717) is 16.1 Å². The highest BCUT2D eigenvalue weighted by Crippen LogP contribution is 2.37. The lowest BCUT2D eigenvalue weighted by Crippen LogP contribution is -2.18. The van der Waals surface area contributed by atoms with Gasteiger partial charge in [-0.05, 0) is 50.3 Å². The zero-order chi connectivity index (χ0) is 17.1. The minimum atomic E-state index is -0.451. The first-order valence-electron chi connectivity index (χ1n) is 8.38. The first kappa shape index (κ1) is 16.7. The summed E-state index contributed by atoms with van der Waals surface area (Å²) in [7, 11) is 0. The van der Waals surface area contributed by atoms with Crippen LogP contribution in [-0.4, -0.2) is 11.8 Å². The molecule has 24 heavy (non-hydrogen) atoms. The van der Waals surface area contributed by atoms with Crippen molar-refractivity contribution >= 4 is 28.2 Å². The van der Waals surface area contributed by atoms with Gasteiger partial charge in [-0.3, -0.25) is 9.59 Å². The zero-order valence-corrected chi connectivity index (χ0v) is 14.7. The molecule has 4 nitrogen and oxygen atoms in total. The first-order chi connectivity index (χ1) is 11.6. The number of carbonyl (C=O) groups excluding carboxylic acids is 2. The highest BCUT2D eigenvalue weighted by Gasteiger charge is 2.24. The molecular formula is C19H22N2O2S. The molecule has 1 aliphatic carbocycles. The van der Waals surface area contributed by atoms with Crippen LogP contribution >= 0.6 is 11.3 Å². The van der Waals surface area contributed by atoms with Crippen LogP contribution in [0.4, 0.5) is 5.00 Å². The maximum Gasteiger partial charge on any atom is 0.256 e. The molecular weight excluding hydrogens is 320 g/mol. The lowest BCUT2D eigenvalue weighted by molar-refractivity contribution is 0.100. The molecule has 1 heterocycles. The Morgan fingerprint density at radius 3 is 2.58 bits per heavy atom. The summed E-state index contributed by atoms with van der Waals surface area (Å²) in [5.74, 6) is -0.650. The van der Waals surface area contributed by atoms with Crippen molar-refractivity contribution in [2.24, 2.45) is 5.73 Å². The molecule has 3 N–H and O–H groups in total. The molecule has 0 bridgehead atoms. The summed E-state index contributed by atoms with van der Waals surface area (Å²) in [6, 6.07) is 7.41. The Labute approximate surface area is 146 Å². The quantitative estimate of drug-likeness (QED) is 0.882. The maximum absolute atomic E-state index is 12.5. The van der Waals surface area contributed by atoms with Gasteiger partial charge in [0, 0.05) is 10.4 Å². The minimum Gasteiger partial charge on any atom is -0.365 e. The van der Waals surface area contributed by atoms with Crippen molar-refractivity contribution in [2.75, 3.05) is 5.32 Å². The van der Waals surface area contributed by atoms with Crippen molar-refractivity contribution < 1.29 is 9.59 Å². The van der Waals surface area contributed by atoms with Crippen LogP contribution in [0.25, 0.3) is 0 Å². The van der Waals surface area contributed by atoms with Gasteiger partial charge in [-0.1, -0.05) is 30.5 Å². The van der Waals surface area contributed by atoms with Gasteiger partial charge in [-0.2, -0.15) is 0 Å². The maximum atomic E-state index is 12.5. The number of benzene rings is 1. The molecule has 1 aliphatic rings. The molecule has 0 fully saturated rings. The van der Waals surface area contributed by atoms with Crippen LogP contribution in [0.5, 0.6) is 0 Å². The van der Waals surface area contributed by atoms with Gasteiger partial charge < -0.3 is 11.1 Å². The summed E-state index contributed by atoms with van der Waals surface area (Å²) in [6.45, 7) is 1.95. The Morgan fingerprint density at radius 1 is 1.12 bits per heavy atom. The lowest BCUT2D eigenvalue weighted by Gasteiger charge is -2.10. The fourth-order valence-electron chi connectivity index (χ4n) is 3.23. The predicted octanol–water partition coefficient (Wildman–Crippen LogP) is 4.07. The third-order valence-corrected chi connectivity index (χ3v) is 5.63. The SMILES string of the molecule is Cc1cccc(C(=O)Nc2sc3c(c2C(N)=O)CCCCCC3)c1. The molecule has 0 saturated heterocycles. The van der Waals surface area contributed by atoms with Crippen molar-refractivity contribution in [1.82, 2.24) is 0 Å². The van der Waals surface area contributed by atoms with Gasteiger partial charge in [0.05, 0.1) is 5.56 Å². The Kier molecular flexibility index (Phi) is 5.00. The fraction of sp³-hybridized carbons (Fsp3) is 0.368. The van der Waals surface area contributed by atoms with E-state index in [-0.39, 0.29) is 5.91 Å². The van der Waals surface area contributed by atoms with E-state index in [1.807, 2.05) is 25.1 Å². The highest BCUT2D eigenvalue weighted by molar-refractivity contribution is 7.17. The van der Waals surface area contributed by atoms with E-state index >= 15 is 0 Å². The largest absolute Gasteiger partial charge is 0.365 e. The normalized spacial score (nSPS) is 14.4. The van der Waals surface area contributed by atoms with Crippen molar-refractivity contribution in [2.45, 2.75) is 45.4 Å². The lowest BCUT2D eigenvalue weighted by atomic mass is 9.96. The third kappa shape index (κ3) is 3.51. The first-order valence-corrected chi connectivity index (χ1v) is 9.20. The van der Waals surface area contributed by atoms with Crippen LogP contribution in [0.1, 0.15) is 62.4 Å². The van der Waals surface area contributed by atoms with Crippen LogP contribution in [0.2, 0.25) is 0 Å². The molecule has 5 heteroatoms. The molecule has 0 radical (unpaired) electrons. The topological polar surface area (TPSA) is 72.2 Å². The van der Waals surface area contributed by atoms with Crippen molar-refractivity contribution in [1.29, 1.82) is 0 Å². The Morgan fingerprint density at radius 2 is 1.88 bits per heavy atom. The third-order valence-electron chi connectivity index (χ3n) is 4.43. The van der Waals surface area contributed by atoms with Crippen molar-refractivity contribution in [3.8, 4) is 0 Å². The van der Waals surface area contributed by atoms with Crippen LogP contribution < -0.4 is 11.1 Å². The number of carbonyl (C=O) groups is 2. The van der Waals surface area contributed by atoms with Gasteiger partial charge >= 0.3 is 0 Å². The number of anilines is 1. The summed E-state index contributed by atoms with van der Waals surface area (Å²) in [4.78, 5) is 25.7. The number of hydrogen-bond donors (Lipinski definition) is 2. The summed E-state index contributed by atoms with van der Waals surface area (Å²) >= 11 is 1.51. The molecule has 1 aromatic heterocycles. The molecule has 126 valence electrons. The summed E-state index contributed by atoms with van der Waals surface area (Å²) in [5, 5.41) is 3.51. The second-order valence-electron chi connectivity index (χ2n) is 6.31. The smallest absolute Gasteiger partial charge is 0.256 e. The van der Waals surface area contributed by atoms with Crippen molar-refractivity contribution in [3.63, 3.8) is 0 Å². The summed E-state index contributed by atoms with van der Waals surface area (Å²) < 4.78 is 0. The number of thiophene rings is 1. The van der Waals surface area contributed by atoms with E-state index < -0.39 is 5.91 Å². The monoisotopic (exact) mass is 342 g/mol. The van der Waals surface area contributed by atoms with E-state index in [1.165, 1.54) is 29.1 Å². The van der Waals surface area contributed by atoms with E-state index in [9.17, 15) is 9.59 Å². The molecule has 1 aromatic carbocycles. The Balaban J connectivity index is 1.93. The molecule has 3 rings (SSSR count). The zero-order valence-electron chi connectivity index (χ0n) is 13.9. The molecule has 0 aliphatic heterocycles. The van der Waals surface area contributed by atoms with Gasteiger partial charge in [-0.25, -0.2) is 0 Å². The summed E-state index contributed by atoms with van der Waals surface area (Å²) in [5.41, 5.74) is 8.80. The molecule has 2 amide bonds. The van der Waals surface area contributed by atoms with Gasteiger partial charge in [0.15, 0.2) is 0 Å². The second kappa shape index (κ2) is 7.18. The van der Waals surface area contributed by atoms with E-state index in [0.717, 1.165) is 36.8 Å². The standard InChI is InChI=1S/C19H22N2O2S/c1-12-7-6-8-13(11-12)18(23)21-19-16(17(20)22)14-9-4-2-3-5-10-15(14)24-19/h6-8,11H,2-5,9-10H2,1H3,(H2,20,22)(H,21,23). The number of nitrogens with two attached hydrogens (primary N) is 1. The van der Waals surface area contributed by atoms with Gasteiger partial charge in [-0.15, -0.1) is 11.3 Å². The van der Waals surface area contributed by atoms with Gasteiger partial charge in [0.1, 0.15) is 5.00 Å². The van der Waals surface area contributed by atoms with Gasteiger partial charge in [0.2, 0.25) is 0 Å². The average molecular weight is 342 g/mol. The fourth-order valence-corrected chi connectivity index (χ4v) is 4.52. The number of aryl methyl sites for hydroxylation is 2. The predicted molar refractivity (Wildman–Crippen MR) is 97.8 cm³/mol. The number of fused-ring (bicyclic) bond motifs is 1. The molecule has 0 unspecified atom stereocenters. The van der Waals surface area contributed by atoms with Gasteiger partial charge in [0.25, 0.3) is 11.8 Å².